The summed E-state index contributed by atoms with van der Waals surface area (Å²) in [6, 6.07) is 8.47. The molecule has 0 fully saturated rings. The second-order valence-corrected chi connectivity index (χ2v) is 5.63. The molecule has 1 aliphatic carbocycles. The van der Waals surface area contributed by atoms with Crippen LogP contribution in [0.2, 0.25) is 0 Å². The number of H-pyrrole nitrogens is 1. The maximum absolute atomic E-state index is 5.31. The molecule has 4 rings (SSSR count). The highest BCUT2D eigenvalue weighted by Gasteiger charge is 2.24. The molecule has 0 spiro atoms. The molecule has 0 saturated heterocycles. The number of para-hydroxylation sites is 1. The average Bonchev–Trinajstić information content (AvgIpc) is 3.10. The fraction of sp³-hybridized carbons (Fsp3) is 0.222. The Labute approximate surface area is 124 Å². The van der Waals surface area contributed by atoms with Gasteiger partial charge in [-0.15, -0.1) is 0 Å². The van der Waals surface area contributed by atoms with Crippen LogP contribution in [0.4, 0.5) is 0 Å². The molecule has 2 heterocycles. The average molecular weight is 278 g/mol. The van der Waals surface area contributed by atoms with Crippen molar-refractivity contribution < 1.29 is 4.74 Å². The molecule has 1 unspecified atom stereocenters. The Morgan fingerprint density at radius 3 is 3.14 bits per heavy atom. The monoisotopic (exact) mass is 278 g/mol. The molecule has 2 aliphatic rings. The first-order chi connectivity index (χ1) is 10.3. The predicted octanol–water partition coefficient (Wildman–Crippen LogP) is 3.58. The summed E-state index contributed by atoms with van der Waals surface area (Å²) in [5, 5.41) is 1.31. The maximum atomic E-state index is 5.31. The van der Waals surface area contributed by atoms with Gasteiger partial charge in [0.15, 0.2) is 0 Å². The summed E-state index contributed by atoms with van der Waals surface area (Å²) in [7, 11) is 1.72. The summed E-state index contributed by atoms with van der Waals surface area (Å²) in [5.74, 6) is 1.43. The number of ether oxygens (including phenoxy) is 1. The van der Waals surface area contributed by atoms with E-state index >= 15 is 0 Å². The Hall–Kier alpha value is -2.42. The lowest BCUT2D eigenvalue weighted by molar-refractivity contribution is 0.304. The summed E-state index contributed by atoms with van der Waals surface area (Å²) in [6.07, 6.45) is 10.8. The third-order valence-corrected chi connectivity index (χ3v) is 4.28. The number of allylic oxidation sites excluding steroid dienone is 2. The van der Waals surface area contributed by atoms with Crippen molar-refractivity contribution in [2.45, 2.75) is 6.54 Å². The first-order valence-corrected chi connectivity index (χ1v) is 7.28. The van der Waals surface area contributed by atoms with Gasteiger partial charge in [-0.05, 0) is 29.4 Å². The Bertz CT molecular complexity index is 766. The van der Waals surface area contributed by atoms with E-state index in [-0.39, 0.29) is 0 Å². The number of aromatic nitrogens is 1. The molecule has 106 valence electrons. The molecule has 1 aliphatic heterocycles. The molecular weight excluding hydrogens is 260 g/mol. The van der Waals surface area contributed by atoms with E-state index in [2.05, 4.69) is 64.8 Å². The van der Waals surface area contributed by atoms with Crippen LogP contribution in [-0.2, 0) is 11.3 Å². The largest absolute Gasteiger partial charge is 0.497 e. The van der Waals surface area contributed by atoms with Gasteiger partial charge in [0, 0.05) is 42.3 Å². The van der Waals surface area contributed by atoms with Gasteiger partial charge in [0.05, 0.1) is 7.11 Å². The molecular formula is C18H18N2O. The Morgan fingerprint density at radius 2 is 2.24 bits per heavy atom. The molecule has 1 aromatic heterocycles. The first kappa shape index (κ1) is 12.3. The van der Waals surface area contributed by atoms with Gasteiger partial charge in [-0.3, -0.25) is 0 Å². The third-order valence-electron chi connectivity index (χ3n) is 4.28. The number of hydrogen-bond donors (Lipinski definition) is 1. The maximum Gasteiger partial charge on any atom is 0.118 e. The van der Waals surface area contributed by atoms with Gasteiger partial charge >= 0.3 is 0 Å². The minimum Gasteiger partial charge on any atom is -0.497 e. The fourth-order valence-corrected chi connectivity index (χ4v) is 3.18. The Balaban J connectivity index is 1.58. The van der Waals surface area contributed by atoms with Crippen LogP contribution >= 0.6 is 0 Å². The molecule has 3 heteroatoms. The lowest BCUT2D eigenvalue weighted by Crippen LogP contribution is -2.17. The van der Waals surface area contributed by atoms with Crippen LogP contribution in [0.1, 0.15) is 5.56 Å². The molecule has 2 aromatic rings. The van der Waals surface area contributed by atoms with Crippen molar-refractivity contribution in [2.24, 2.45) is 5.92 Å². The molecule has 1 aromatic carbocycles. The zero-order chi connectivity index (χ0) is 14.2. The minimum atomic E-state index is 0.495. The van der Waals surface area contributed by atoms with Gasteiger partial charge in [-0.25, -0.2) is 0 Å². The van der Waals surface area contributed by atoms with E-state index in [1.54, 1.807) is 7.11 Å². The van der Waals surface area contributed by atoms with Gasteiger partial charge in [-0.2, -0.15) is 0 Å². The molecule has 1 N–H and O–H groups in total. The fourth-order valence-electron chi connectivity index (χ4n) is 3.18. The van der Waals surface area contributed by atoms with Crippen molar-refractivity contribution in [3.63, 3.8) is 0 Å². The van der Waals surface area contributed by atoms with Crippen molar-refractivity contribution in [1.82, 2.24) is 9.88 Å². The van der Waals surface area contributed by atoms with Gasteiger partial charge in [0.25, 0.3) is 0 Å². The summed E-state index contributed by atoms with van der Waals surface area (Å²) in [6.45, 7) is 1.98. The highest BCUT2D eigenvalue weighted by Crippen LogP contribution is 2.31. The second kappa shape index (κ2) is 4.85. The van der Waals surface area contributed by atoms with E-state index in [9.17, 15) is 0 Å². The summed E-state index contributed by atoms with van der Waals surface area (Å²) < 4.78 is 5.31. The number of methoxy groups -OCH3 is 1. The third kappa shape index (κ3) is 2.15. The van der Waals surface area contributed by atoms with Gasteiger partial charge < -0.3 is 14.6 Å². The topological polar surface area (TPSA) is 28.3 Å². The van der Waals surface area contributed by atoms with E-state index in [0.29, 0.717) is 5.92 Å². The van der Waals surface area contributed by atoms with Crippen molar-refractivity contribution in [3.05, 3.63) is 71.8 Å². The number of hydrogen-bond acceptors (Lipinski definition) is 2. The smallest absolute Gasteiger partial charge is 0.118 e. The lowest BCUT2D eigenvalue weighted by Gasteiger charge is -2.17. The second-order valence-electron chi connectivity index (χ2n) is 5.63. The van der Waals surface area contributed by atoms with Crippen LogP contribution in [0.5, 0.6) is 0 Å². The van der Waals surface area contributed by atoms with Crippen molar-refractivity contribution in [2.75, 3.05) is 13.7 Å². The van der Waals surface area contributed by atoms with E-state index in [0.717, 1.165) is 18.8 Å². The molecule has 0 radical (unpaired) electrons. The quantitative estimate of drug-likeness (QED) is 0.929. The molecule has 1 atom stereocenters. The van der Waals surface area contributed by atoms with Gasteiger partial charge in [0.1, 0.15) is 5.76 Å². The van der Waals surface area contributed by atoms with Crippen molar-refractivity contribution >= 4 is 10.9 Å². The lowest BCUT2D eigenvalue weighted by atomic mass is 9.97. The number of aromatic amines is 1. The van der Waals surface area contributed by atoms with Crippen LogP contribution in [0.3, 0.4) is 0 Å². The Kier molecular flexibility index (Phi) is 2.85. The zero-order valence-electron chi connectivity index (χ0n) is 12.0. The molecule has 21 heavy (non-hydrogen) atoms. The number of nitrogens with one attached hydrogen (secondary N) is 1. The molecule has 0 saturated carbocycles. The zero-order valence-corrected chi connectivity index (χ0v) is 12.0. The number of nitrogens with zero attached hydrogens (tertiary/aromatic N) is 1. The highest BCUT2D eigenvalue weighted by atomic mass is 16.5. The van der Waals surface area contributed by atoms with E-state index in [1.165, 1.54) is 22.0 Å². The van der Waals surface area contributed by atoms with Gasteiger partial charge in [0.2, 0.25) is 0 Å². The van der Waals surface area contributed by atoms with Crippen LogP contribution < -0.4 is 0 Å². The SMILES string of the molecule is COC1=CC2=CN(Cc3c[nH]c4ccccc34)CC2C=C1. The first-order valence-electron chi connectivity index (χ1n) is 7.28. The van der Waals surface area contributed by atoms with E-state index < -0.39 is 0 Å². The standard InChI is InChI=1S/C18H18N2O/c1-21-16-7-6-13-10-20(11-14(13)8-16)12-15-9-19-18-5-3-2-4-17(15)18/h2-9,11,13,19H,10,12H2,1H3. The normalized spacial score (nSPS) is 20.4. The predicted molar refractivity (Wildman–Crippen MR) is 84.5 cm³/mol. The van der Waals surface area contributed by atoms with E-state index in [1.807, 2.05) is 0 Å². The minimum absolute atomic E-state index is 0.495. The summed E-state index contributed by atoms with van der Waals surface area (Å²) >= 11 is 0. The van der Waals surface area contributed by atoms with Crippen LogP contribution in [0.15, 0.2) is 66.2 Å². The number of fused-ring (bicyclic) bond motifs is 2. The molecule has 3 nitrogen and oxygen atoms in total. The van der Waals surface area contributed by atoms with Crippen LogP contribution in [-0.4, -0.2) is 23.5 Å². The number of benzene rings is 1. The number of rotatable bonds is 3. The van der Waals surface area contributed by atoms with E-state index in [4.69, 9.17) is 4.74 Å². The van der Waals surface area contributed by atoms with Crippen LogP contribution in [0, 0.1) is 5.92 Å². The summed E-state index contributed by atoms with van der Waals surface area (Å²) in [5.41, 5.74) is 3.90. The molecule has 0 bridgehead atoms. The highest BCUT2D eigenvalue weighted by molar-refractivity contribution is 5.83. The van der Waals surface area contributed by atoms with Gasteiger partial charge in [-0.1, -0.05) is 24.3 Å². The molecule has 0 amide bonds. The van der Waals surface area contributed by atoms with Crippen LogP contribution in [0.25, 0.3) is 10.9 Å². The Morgan fingerprint density at radius 1 is 1.33 bits per heavy atom. The van der Waals surface area contributed by atoms with Crippen molar-refractivity contribution in [3.8, 4) is 0 Å². The summed E-state index contributed by atoms with van der Waals surface area (Å²) in [4.78, 5) is 5.73. The van der Waals surface area contributed by atoms with Crippen molar-refractivity contribution in [1.29, 1.82) is 0 Å².